The minimum atomic E-state index is -1.14. The molecule has 2 rings (SSSR count). The molecular weight excluding hydrogens is 290 g/mol. The lowest BCUT2D eigenvalue weighted by Crippen LogP contribution is -2.48. The molecule has 118 valence electrons. The van der Waals surface area contributed by atoms with Crippen LogP contribution in [0.25, 0.3) is 0 Å². The van der Waals surface area contributed by atoms with Crippen molar-refractivity contribution in [3.8, 4) is 11.5 Å². The maximum atomic E-state index is 12.0. The summed E-state index contributed by atoms with van der Waals surface area (Å²) < 4.78 is 10.9. The van der Waals surface area contributed by atoms with Crippen molar-refractivity contribution in [1.29, 1.82) is 0 Å². The molecule has 7 heteroatoms. The number of aliphatic carboxylic acids is 1. The monoisotopic (exact) mass is 307 g/mol. The number of nitrogens with zero attached hydrogens (tertiary/aromatic N) is 1. The molecule has 0 saturated heterocycles. The van der Waals surface area contributed by atoms with Crippen molar-refractivity contribution >= 4 is 23.9 Å². The fraction of sp³-hybridized carbons (Fsp3) is 0.400. The van der Waals surface area contributed by atoms with Crippen LogP contribution in [0, 0.1) is 0 Å². The van der Waals surface area contributed by atoms with Crippen LogP contribution in [-0.2, 0) is 9.59 Å². The van der Waals surface area contributed by atoms with Gasteiger partial charge in [-0.1, -0.05) is 6.92 Å². The second-order valence-electron chi connectivity index (χ2n) is 4.90. The molecule has 0 aliphatic carbocycles. The van der Waals surface area contributed by atoms with Crippen molar-refractivity contribution in [3.63, 3.8) is 0 Å². The number of fused-ring (bicyclic) bond motifs is 1. The number of carbonyl (C=O) groups excluding carboxylic acids is 2. The number of ether oxygens (including phenoxy) is 2. The van der Waals surface area contributed by atoms with Crippen LogP contribution in [0.2, 0.25) is 0 Å². The molecule has 1 heterocycles. The number of carboxylic acid groups (broad SMARTS) is 1. The van der Waals surface area contributed by atoms with Crippen molar-refractivity contribution in [1.82, 2.24) is 0 Å². The highest BCUT2D eigenvalue weighted by Crippen LogP contribution is 2.42. The fourth-order valence-corrected chi connectivity index (χ4v) is 2.19. The summed E-state index contributed by atoms with van der Waals surface area (Å²) in [7, 11) is 0. The average molecular weight is 307 g/mol. The van der Waals surface area contributed by atoms with E-state index in [4.69, 9.17) is 9.47 Å². The summed E-state index contributed by atoms with van der Waals surface area (Å²) in [6, 6.07) is 1.87. The number of hydrogen-bond donors (Lipinski definition) is 1. The quantitative estimate of drug-likeness (QED) is 0.800. The third-order valence-corrected chi connectivity index (χ3v) is 3.27. The Bertz CT molecular complexity index is 612. The SMILES string of the molecule is CCCOc1cc(C=O)cc2c1OCC(=O)N2C(C)C(=O)O. The number of aldehydes is 1. The van der Waals surface area contributed by atoms with Crippen molar-refractivity contribution in [2.75, 3.05) is 18.1 Å². The highest BCUT2D eigenvalue weighted by molar-refractivity contribution is 6.03. The molecule has 0 fully saturated rings. The van der Waals surface area contributed by atoms with E-state index in [0.29, 0.717) is 18.6 Å². The van der Waals surface area contributed by atoms with E-state index in [9.17, 15) is 19.5 Å². The first-order chi connectivity index (χ1) is 10.5. The van der Waals surface area contributed by atoms with Gasteiger partial charge in [-0.3, -0.25) is 14.5 Å². The fourth-order valence-electron chi connectivity index (χ4n) is 2.19. The molecule has 0 bridgehead atoms. The molecule has 1 amide bonds. The smallest absolute Gasteiger partial charge is 0.326 e. The van der Waals surface area contributed by atoms with Crippen molar-refractivity contribution in [2.45, 2.75) is 26.3 Å². The predicted molar refractivity (Wildman–Crippen MR) is 77.7 cm³/mol. The number of amides is 1. The zero-order valence-corrected chi connectivity index (χ0v) is 12.4. The lowest BCUT2D eigenvalue weighted by Gasteiger charge is -2.33. The van der Waals surface area contributed by atoms with Crippen molar-refractivity contribution in [2.24, 2.45) is 0 Å². The largest absolute Gasteiger partial charge is 0.490 e. The summed E-state index contributed by atoms with van der Waals surface area (Å²) in [6.07, 6.45) is 1.37. The summed E-state index contributed by atoms with van der Waals surface area (Å²) in [6.45, 7) is 3.47. The first-order valence-electron chi connectivity index (χ1n) is 6.93. The zero-order chi connectivity index (χ0) is 16.3. The Morgan fingerprint density at radius 1 is 1.55 bits per heavy atom. The Morgan fingerprint density at radius 3 is 2.86 bits per heavy atom. The van der Waals surface area contributed by atoms with Gasteiger partial charge in [-0.05, 0) is 25.5 Å². The maximum Gasteiger partial charge on any atom is 0.326 e. The van der Waals surface area contributed by atoms with Crippen LogP contribution < -0.4 is 14.4 Å². The molecular formula is C15H17NO6. The maximum absolute atomic E-state index is 12.0. The molecule has 1 unspecified atom stereocenters. The van der Waals surface area contributed by atoms with E-state index in [-0.39, 0.29) is 23.6 Å². The molecule has 0 spiro atoms. The molecule has 0 aromatic heterocycles. The van der Waals surface area contributed by atoms with Gasteiger partial charge in [0.15, 0.2) is 18.1 Å². The molecule has 0 radical (unpaired) electrons. The van der Waals surface area contributed by atoms with Gasteiger partial charge < -0.3 is 14.6 Å². The van der Waals surface area contributed by atoms with E-state index in [1.54, 1.807) is 0 Å². The second-order valence-corrected chi connectivity index (χ2v) is 4.90. The summed E-state index contributed by atoms with van der Waals surface area (Å²) >= 11 is 0. The van der Waals surface area contributed by atoms with Crippen molar-refractivity contribution < 1.29 is 29.0 Å². The molecule has 1 aromatic carbocycles. The third-order valence-electron chi connectivity index (χ3n) is 3.27. The van der Waals surface area contributed by atoms with E-state index in [2.05, 4.69) is 0 Å². The molecule has 22 heavy (non-hydrogen) atoms. The van der Waals surface area contributed by atoms with Gasteiger partial charge in [-0.25, -0.2) is 4.79 Å². The number of carboxylic acids is 1. The Balaban J connectivity index is 2.55. The average Bonchev–Trinajstić information content (AvgIpc) is 2.51. The van der Waals surface area contributed by atoms with Crippen molar-refractivity contribution in [3.05, 3.63) is 17.7 Å². The molecule has 0 saturated carbocycles. The van der Waals surface area contributed by atoms with Gasteiger partial charge in [0.25, 0.3) is 5.91 Å². The summed E-state index contributed by atoms with van der Waals surface area (Å²) in [4.78, 5) is 35.5. The van der Waals surface area contributed by atoms with Gasteiger partial charge in [-0.15, -0.1) is 0 Å². The van der Waals surface area contributed by atoms with Crippen LogP contribution in [0.1, 0.15) is 30.6 Å². The normalized spacial score (nSPS) is 14.8. The van der Waals surface area contributed by atoms with E-state index in [1.165, 1.54) is 19.1 Å². The first kappa shape index (κ1) is 15.8. The summed E-state index contributed by atoms with van der Waals surface area (Å²) in [5.74, 6) is -1.01. The van der Waals surface area contributed by atoms with Crippen LogP contribution in [0.4, 0.5) is 5.69 Å². The Labute approximate surface area is 127 Å². The Kier molecular flexibility index (Phi) is 4.65. The van der Waals surface area contributed by atoms with Crippen LogP contribution in [0.5, 0.6) is 11.5 Å². The molecule has 1 N–H and O–H groups in total. The highest BCUT2D eigenvalue weighted by Gasteiger charge is 2.35. The van der Waals surface area contributed by atoms with Gasteiger partial charge in [0.05, 0.1) is 12.3 Å². The van der Waals surface area contributed by atoms with Crippen LogP contribution in [0.3, 0.4) is 0 Å². The van der Waals surface area contributed by atoms with Gasteiger partial charge in [0.1, 0.15) is 12.3 Å². The molecule has 1 aliphatic heterocycles. The summed E-state index contributed by atoms with van der Waals surface area (Å²) in [5.41, 5.74) is 0.521. The number of benzene rings is 1. The standard InChI is InChI=1S/C15H17NO6/c1-3-4-21-12-6-10(7-17)5-11-14(12)22-8-13(18)16(11)9(2)15(19)20/h5-7,9H,3-4,8H2,1-2H3,(H,19,20). The molecule has 1 aliphatic rings. The van der Waals surface area contributed by atoms with Gasteiger partial charge in [0, 0.05) is 5.56 Å². The Hall–Kier alpha value is -2.57. The lowest BCUT2D eigenvalue weighted by molar-refractivity contribution is -0.140. The lowest BCUT2D eigenvalue weighted by atomic mass is 10.1. The minimum Gasteiger partial charge on any atom is -0.490 e. The van der Waals surface area contributed by atoms with Gasteiger partial charge >= 0.3 is 5.97 Å². The van der Waals surface area contributed by atoms with E-state index in [1.807, 2.05) is 6.92 Å². The first-order valence-corrected chi connectivity index (χ1v) is 6.93. The number of hydrogen-bond acceptors (Lipinski definition) is 5. The minimum absolute atomic E-state index is 0.238. The van der Waals surface area contributed by atoms with Gasteiger partial charge in [0.2, 0.25) is 0 Å². The van der Waals surface area contributed by atoms with Gasteiger partial charge in [-0.2, -0.15) is 0 Å². The molecule has 1 aromatic rings. The topological polar surface area (TPSA) is 93.1 Å². The zero-order valence-electron chi connectivity index (χ0n) is 12.4. The molecule has 7 nitrogen and oxygen atoms in total. The molecule has 1 atom stereocenters. The third kappa shape index (κ3) is 2.88. The number of rotatable bonds is 6. The Morgan fingerprint density at radius 2 is 2.27 bits per heavy atom. The second kappa shape index (κ2) is 6.46. The van der Waals surface area contributed by atoms with E-state index >= 15 is 0 Å². The van der Waals surface area contributed by atoms with Crippen LogP contribution in [0.15, 0.2) is 12.1 Å². The summed E-state index contributed by atoms with van der Waals surface area (Å²) in [5, 5.41) is 9.18. The van der Waals surface area contributed by atoms with E-state index in [0.717, 1.165) is 11.3 Å². The van der Waals surface area contributed by atoms with E-state index < -0.39 is 17.9 Å². The van der Waals surface area contributed by atoms with Crippen LogP contribution >= 0.6 is 0 Å². The predicted octanol–water partition coefficient (Wildman–Crippen LogP) is 1.49. The van der Waals surface area contributed by atoms with Crippen LogP contribution in [-0.4, -0.2) is 42.5 Å². The highest BCUT2D eigenvalue weighted by atomic mass is 16.5. The number of anilines is 1. The number of carbonyl (C=O) groups is 3.